The van der Waals surface area contributed by atoms with Crippen molar-refractivity contribution in [2.45, 2.75) is 50.9 Å². The zero-order chi connectivity index (χ0) is 14.8. The number of likely N-dealkylation sites (tertiary alicyclic amines) is 1. The van der Waals surface area contributed by atoms with E-state index in [-0.39, 0.29) is 5.91 Å². The second-order valence-corrected chi connectivity index (χ2v) is 7.05. The van der Waals surface area contributed by atoms with Crippen molar-refractivity contribution in [2.75, 3.05) is 18.8 Å². The van der Waals surface area contributed by atoms with Crippen molar-refractivity contribution < 1.29 is 9.32 Å². The molecule has 1 aromatic rings. The fourth-order valence-corrected chi connectivity index (χ4v) is 4.28. The van der Waals surface area contributed by atoms with Crippen LogP contribution in [0.25, 0.3) is 0 Å². The number of rotatable bonds is 4. The Morgan fingerprint density at radius 3 is 2.95 bits per heavy atom. The first-order valence-electron chi connectivity index (χ1n) is 7.67. The summed E-state index contributed by atoms with van der Waals surface area (Å²) in [5.74, 6) is 2.47. The van der Waals surface area contributed by atoms with Crippen molar-refractivity contribution in [3.8, 4) is 0 Å². The SMILES string of the molecule is Cc1noc(C)c1CSCC(=O)N1CCC2CCC(C1)N2. The van der Waals surface area contributed by atoms with Gasteiger partial charge in [-0.1, -0.05) is 5.16 Å². The molecule has 0 aromatic carbocycles. The Labute approximate surface area is 129 Å². The molecule has 2 atom stereocenters. The lowest BCUT2D eigenvalue weighted by Gasteiger charge is -2.24. The maximum absolute atomic E-state index is 12.4. The van der Waals surface area contributed by atoms with E-state index in [0.717, 1.165) is 42.3 Å². The number of aromatic nitrogens is 1. The molecule has 0 radical (unpaired) electrons. The molecule has 1 N–H and O–H groups in total. The molecule has 5 nitrogen and oxygen atoms in total. The molecular formula is C15H23N3O2S. The fraction of sp³-hybridized carbons (Fsp3) is 0.733. The lowest BCUT2D eigenvalue weighted by atomic mass is 10.1. The molecule has 0 aliphatic carbocycles. The summed E-state index contributed by atoms with van der Waals surface area (Å²) in [6.45, 7) is 5.65. The van der Waals surface area contributed by atoms with Crippen molar-refractivity contribution >= 4 is 17.7 Å². The highest BCUT2D eigenvalue weighted by atomic mass is 32.2. The molecule has 116 valence electrons. The molecule has 0 saturated carbocycles. The normalized spacial score (nSPS) is 25.1. The number of thioether (sulfide) groups is 1. The van der Waals surface area contributed by atoms with Gasteiger partial charge >= 0.3 is 0 Å². The quantitative estimate of drug-likeness (QED) is 0.920. The number of fused-ring (bicyclic) bond motifs is 2. The summed E-state index contributed by atoms with van der Waals surface area (Å²) in [5.41, 5.74) is 2.06. The maximum Gasteiger partial charge on any atom is 0.232 e. The smallest absolute Gasteiger partial charge is 0.232 e. The Morgan fingerprint density at radius 1 is 1.38 bits per heavy atom. The number of nitrogens with zero attached hydrogens (tertiary/aromatic N) is 2. The Morgan fingerprint density at radius 2 is 2.19 bits per heavy atom. The number of hydrogen-bond acceptors (Lipinski definition) is 5. The standard InChI is InChI=1S/C15H23N3O2S/c1-10-14(11(2)20-17-10)8-21-9-15(19)18-6-5-12-3-4-13(7-18)16-12/h12-13,16H,3-9H2,1-2H3. The molecule has 0 spiro atoms. The van der Waals surface area contributed by atoms with Crippen molar-refractivity contribution in [2.24, 2.45) is 0 Å². The highest BCUT2D eigenvalue weighted by Crippen LogP contribution is 2.22. The highest BCUT2D eigenvalue weighted by Gasteiger charge is 2.30. The van der Waals surface area contributed by atoms with Crippen molar-refractivity contribution in [1.82, 2.24) is 15.4 Å². The van der Waals surface area contributed by atoms with Gasteiger partial charge in [0.25, 0.3) is 0 Å². The second kappa shape index (κ2) is 6.40. The van der Waals surface area contributed by atoms with Crippen molar-refractivity contribution in [1.29, 1.82) is 0 Å². The summed E-state index contributed by atoms with van der Waals surface area (Å²) in [7, 11) is 0. The van der Waals surface area contributed by atoms with Gasteiger partial charge in [0.05, 0.1) is 11.4 Å². The summed E-state index contributed by atoms with van der Waals surface area (Å²) in [4.78, 5) is 14.4. The number of carbonyl (C=O) groups is 1. The minimum atomic E-state index is 0.265. The first kappa shape index (κ1) is 14.9. The third-order valence-electron chi connectivity index (χ3n) is 4.53. The van der Waals surface area contributed by atoms with E-state index in [1.165, 1.54) is 12.8 Å². The van der Waals surface area contributed by atoms with Crippen LogP contribution in [0.2, 0.25) is 0 Å². The summed E-state index contributed by atoms with van der Waals surface area (Å²) >= 11 is 1.66. The summed E-state index contributed by atoms with van der Waals surface area (Å²) in [5, 5.41) is 7.56. The first-order chi connectivity index (χ1) is 10.1. The van der Waals surface area contributed by atoms with E-state index < -0.39 is 0 Å². The number of nitrogens with one attached hydrogen (secondary N) is 1. The van der Waals surface area contributed by atoms with E-state index in [1.807, 2.05) is 18.7 Å². The second-order valence-electron chi connectivity index (χ2n) is 6.06. The van der Waals surface area contributed by atoms with Gasteiger partial charge in [-0.3, -0.25) is 4.79 Å². The summed E-state index contributed by atoms with van der Waals surface area (Å²) in [6, 6.07) is 1.14. The van der Waals surface area contributed by atoms with Gasteiger partial charge in [-0.2, -0.15) is 0 Å². The number of carbonyl (C=O) groups excluding carboxylic acids is 1. The molecule has 3 rings (SSSR count). The van der Waals surface area contributed by atoms with Crippen LogP contribution in [0.3, 0.4) is 0 Å². The van der Waals surface area contributed by atoms with Crippen LogP contribution in [0.1, 0.15) is 36.3 Å². The Hall–Kier alpha value is -1.01. The molecule has 6 heteroatoms. The number of hydrogen-bond donors (Lipinski definition) is 1. The fourth-order valence-electron chi connectivity index (χ4n) is 3.21. The molecule has 1 amide bonds. The van der Waals surface area contributed by atoms with Gasteiger partial charge in [0, 0.05) is 36.5 Å². The van der Waals surface area contributed by atoms with Crippen LogP contribution in [0.15, 0.2) is 4.52 Å². The van der Waals surface area contributed by atoms with E-state index >= 15 is 0 Å². The van der Waals surface area contributed by atoms with E-state index in [9.17, 15) is 4.79 Å². The average molecular weight is 309 g/mol. The monoisotopic (exact) mass is 309 g/mol. The molecule has 2 aliphatic heterocycles. The predicted octanol–water partition coefficient (Wildman–Crippen LogP) is 1.88. The lowest BCUT2D eigenvalue weighted by Crippen LogP contribution is -2.39. The third-order valence-corrected chi connectivity index (χ3v) is 5.47. The van der Waals surface area contributed by atoms with E-state index in [2.05, 4.69) is 10.5 Å². The van der Waals surface area contributed by atoms with Gasteiger partial charge in [-0.25, -0.2) is 0 Å². The molecule has 2 bridgehead atoms. The van der Waals surface area contributed by atoms with Gasteiger partial charge in [-0.15, -0.1) is 11.8 Å². The molecule has 2 unspecified atom stereocenters. The zero-order valence-electron chi connectivity index (χ0n) is 12.7. The summed E-state index contributed by atoms with van der Waals surface area (Å²) < 4.78 is 5.15. The Balaban J connectivity index is 1.48. The van der Waals surface area contributed by atoms with Gasteiger partial charge in [0.2, 0.25) is 5.91 Å². The molecule has 2 aliphatic rings. The zero-order valence-corrected chi connectivity index (χ0v) is 13.5. The Bertz CT molecular complexity index is 498. The topological polar surface area (TPSA) is 58.4 Å². The lowest BCUT2D eigenvalue weighted by molar-refractivity contribution is -0.128. The number of amides is 1. The average Bonchev–Trinajstić information content (AvgIpc) is 2.94. The molecule has 2 fully saturated rings. The van der Waals surface area contributed by atoms with E-state index in [4.69, 9.17) is 4.52 Å². The minimum absolute atomic E-state index is 0.265. The molecule has 2 saturated heterocycles. The van der Waals surface area contributed by atoms with Crippen LogP contribution in [0.4, 0.5) is 0 Å². The van der Waals surface area contributed by atoms with Crippen LogP contribution in [-0.4, -0.2) is 46.9 Å². The van der Waals surface area contributed by atoms with Crippen LogP contribution in [0, 0.1) is 13.8 Å². The minimum Gasteiger partial charge on any atom is -0.361 e. The van der Waals surface area contributed by atoms with Crippen molar-refractivity contribution in [3.63, 3.8) is 0 Å². The van der Waals surface area contributed by atoms with Crippen molar-refractivity contribution in [3.05, 3.63) is 17.0 Å². The molecular weight excluding hydrogens is 286 g/mol. The molecule has 3 heterocycles. The van der Waals surface area contributed by atoms with Crippen LogP contribution >= 0.6 is 11.8 Å². The van der Waals surface area contributed by atoms with Gasteiger partial charge in [-0.05, 0) is 33.1 Å². The molecule has 1 aromatic heterocycles. The predicted molar refractivity (Wildman–Crippen MR) is 83.3 cm³/mol. The van der Waals surface area contributed by atoms with E-state index in [0.29, 0.717) is 17.8 Å². The van der Waals surface area contributed by atoms with Gasteiger partial charge in [0.1, 0.15) is 5.76 Å². The largest absolute Gasteiger partial charge is 0.361 e. The number of aryl methyl sites for hydroxylation is 2. The van der Waals surface area contributed by atoms with Crippen LogP contribution < -0.4 is 5.32 Å². The first-order valence-corrected chi connectivity index (χ1v) is 8.82. The van der Waals surface area contributed by atoms with Gasteiger partial charge in [0.15, 0.2) is 0 Å². The van der Waals surface area contributed by atoms with E-state index in [1.54, 1.807) is 11.8 Å². The third kappa shape index (κ3) is 3.43. The van der Waals surface area contributed by atoms with Gasteiger partial charge < -0.3 is 14.7 Å². The van der Waals surface area contributed by atoms with Crippen LogP contribution in [-0.2, 0) is 10.5 Å². The summed E-state index contributed by atoms with van der Waals surface area (Å²) in [6.07, 6.45) is 3.57. The molecule has 21 heavy (non-hydrogen) atoms. The maximum atomic E-state index is 12.4. The Kier molecular flexibility index (Phi) is 4.54. The highest BCUT2D eigenvalue weighted by molar-refractivity contribution is 7.99. The van der Waals surface area contributed by atoms with Crippen LogP contribution in [0.5, 0.6) is 0 Å².